The third-order valence-electron chi connectivity index (χ3n) is 3.40. The molecule has 18 heavy (non-hydrogen) atoms. The second-order valence-electron chi connectivity index (χ2n) is 4.77. The number of imide groups is 1. The number of carbonyl (C=O) groups is 3. The van der Waals surface area contributed by atoms with Gasteiger partial charge >= 0.3 is 5.97 Å². The highest BCUT2D eigenvalue weighted by Crippen LogP contribution is 2.22. The van der Waals surface area contributed by atoms with Gasteiger partial charge in [0.1, 0.15) is 0 Å². The van der Waals surface area contributed by atoms with Crippen LogP contribution in [-0.2, 0) is 19.1 Å². The van der Waals surface area contributed by atoms with Crippen molar-refractivity contribution in [1.82, 2.24) is 4.90 Å². The molecule has 2 fully saturated rings. The van der Waals surface area contributed by atoms with Crippen LogP contribution in [0, 0.1) is 0 Å². The molecule has 2 rings (SSSR count). The molecule has 0 aliphatic carbocycles. The molecule has 6 heteroatoms. The van der Waals surface area contributed by atoms with E-state index in [0.717, 1.165) is 12.8 Å². The zero-order valence-electron chi connectivity index (χ0n) is 10.1. The third-order valence-corrected chi connectivity index (χ3v) is 3.40. The average Bonchev–Trinajstić information content (AvgIpc) is 2.73. The van der Waals surface area contributed by atoms with E-state index >= 15 is 0 Å². The molecule has 0 aromatic heterocycles. The number of carboxylic acid groups (broad SMARTS) is 1. The van der Waals surface area contributed by atoms with Crippen molar-refractivity contribution in [3.05, 3.63) is 0 Å². The Balaban J connectivity index is 1.94. The summed E-state index contributed by atoms with van der Waals surface area (Å²) in [6, 6.07) is 0. The molecule has 0 bridgehead atoms. The van der Waals surface area contributed by atoms with Gasteiger partial charge in [0.2, 0.25) is 11.8 Å². The van der Waals surface area contributed by atoms with Crippen molar-refractivity contribution >= 4 is 17.8 Å². The van der Waals surface area contributed by atoms with Crippen LogP contribution in [-0.4, -0.2) is 46.5 Å². The number of hydrogen-bond donors (Lipinski definition) is 1. The Morgan fingerprint density at radius 2 is 1.83 bits per heavy atom. The molecule has 6 nitrogen and oxygen atoms in total. The van der Waals surface area contributed by atoms with Gasteiger partial charge in [-0.15, -0.1) is 0 Å². The van der Waals surface area contributed by atoms with Crippen LogP contribution in [0.5, 0.6) is 0 Å². The maximum Gasteiger partial charge on any atom is 0.332 e. The Hall–Kier alpha value is -1.43. The molecule has 0 saturated carbocycles. The van der Waals surface area contributed by atoms with E-state index < -0.39 is 12.1 Å². The molecule has 2 unspecified atom stereocenters. The molecule has 0 aromatic rings. The normalized spacial score (nSPS) is 29.4. The minimum absolute atomic E-state index is 0.167. The number of rotatable bonds is 3. The summed E-state index contributed by atoms with van der Waals surface area (Å²) in [7, 11) is 0. The Bertz CT molecular complexity index is 349. The van der Waals surface area contributed by atoms with E-state index in [1.54, 1.807) is 0 Å². The van der Waals surface area contributed by atoms with Crippen LogP contribution in [0.2, 0.25) is 0 Å². The molecule has 100 valence electrons. The van der Waals surface area contributed by atoms with Gasteiger partial charge in [0.15, 0.2) is 6.10 Å². The number of nitrogens with zero attached hydrogens (tertiary/aromatic N) is 1. The Morgan fingerprint density at radius 1 is 1.22 bits per heavy atom. The van der Waals surface area contributed by atoms with Crippen LogP contribution in [0.15, 0.2) is 0 Å². The molecule has 2 amide bonds. The Labute approximate surface area is 105 Å². The number of hydrogen-bond acceptors (Lipinski definition) is 4. The summed E-state index contributed by atoms with van der Waals surface area (Å²) in [4.78, 5) is 35.5. The maximum absolute atomic E-state index is 11.8. The Morgan fingerprint density at radius 3 is 2.33 bits per heavy atom. The summed E-state index contributed by atoms with van der Waals surface area (Å²) < 4.78 is 5.32. The fourth-order valence-electron chi connectivity index (χ4n) is 2.39. The molecule has 2 heterocycles. The van der Waals surface area contributed by atoms with Crippen molar-refractivity contribution < 1.29 is 24.2 Å². The van der Waals surface area contributed by atoms with Gasteiger partial charge in [-0.2, -0.15) is 0 Å². The lowest BCUT2D eigenvalue weighted by molar-refractivity contribution is -0.151. The molecule has 2 atom stereocenters. The highest BCUT2D eigenvalue weighted by Gasteiger charge is 2.34. The monoisotopic (exact) mass is 255 g/mol. The third kappa shape index (κ3) is 2.87. The summed E-state index contributed by atoms with van der Waals surface area (Å²) in [6.07, 6.45) is 2.14. The quantitative estimate of drug-likeness (QED) is 0.744. The molecular formula is C12H17NO5. The predicted molar refractivity (Wildman–Crippen MR) is 60.7 cm³/mol. The number of carboxylic acids is 1. The van der Waals surface area contributed by atoms with Crippen LogP contribution < -0.4 is 0 Å². The van der Waals surface area contributed by atoms with Crippen LogP contribution in [0.1, 0.15) is 38.5 Å². The first-order valence-electron chi connectivity index (χ1n) is 6.29. The molecule has 2 saturated heterocycles. The molecule has 0 spiro atoms. The summed E-state index contributed by atoms with van der Waals surface area (Å²) >= 11 is 0. The van der Waals surface area contributed by atoms with Crippen LogP contribution in [0.3, 0.4) is 0 Å². The largest absolute Gasteiger partial charge is 0.479 e. The highest BCUT2D eigenvalue weighted by atomic mass is 16.5. The molecule has 0 radical (unpaired) electrons. The number of carbonyl (C=O) groups excluding carboxylic acids is 2. The van der Waals surface area contributed by atoms with Gasteiger partial charge in [-0.3, -0.25) is 14.5 Å². The lowest BCUT2D eigenvalue weighted by Crippen LogP contribution is -2.41. The fraction of sp³-hybridized carbons (Fsp3) is 0.750. The molecular weight excluding hydrogens is 238 g/mol. The number of ether oxygens (including phenoxy) is 1. The summed E-state index contributed by atoms with van der Waals surface area (Å²) in [5.41, 5.74) is 0. The summed E-state index contributed by atoms with van der Waals surface area (Å²) in [5.74, 6) is -1.31. The molecule has 2 aliphatic heterocycles. The molecule has 1 N–H and O–H groups in total. The van der Waals surface area contributed by atoms with Gasteiger partial charge in [-0.1, -0.05) is 0 Å². The minimum Gasteiger partial charge on any atom is -0.479 e. The van der Waals surface area contributed by atoms with Gasteiger partial charge in [0, 0.05) is 12.8 Å². The van der Waals surface area contributed by atoms with Crippen molar-refractivity contribution in [1.29, 1.82) is 0 Å². The van der Waals surface area contributed by atoms with Crippen molar-refractivity contribution in [3.8, 4) is 0 Å². The van der Waals surface area contributed by atoms with E-state index in [4.69, 9.17) is 9.84 Å². The fourth-order valence-corrected chi connectivity index (χ4v) is 2.39. The van der Waals surface area contributed by atoms with E-state index in [-0.39, 0.29) is 24.5 Å². The minimum atomic E-state index is -0.981. The predicted octanol–water partition coefficient (Wildman–Crippen LogP) is 0.548. The summed E-state index contributed by atoms with van der Waals surface area (Å²) in [5, 5.41) is 8.81. The van der Waals surface area contributed by atoms with Crippen molar-refractivity contribution in [3.63, 3.8) is 0 Å². The van der Waals surface area contributed by atoms with Gasteiger partial charge in [-0.25, -0.2) is 4.79 Å². The average molecular weight is 255 g/mol. The van der Waals surface area contributed by atoms with E-state index in [9.17, 15) is 14.4 Å². The molecule has 2 aliphatic rings. The topological polar surface area (TPSA) is 83.9 Å². The lowest BCUT2D eigenvalue weighted by atomic mass is 10.2. The van der Waals surface area contributed by atoms with E-state index in [0.29, 0.717) is 25.7 Å². The second-order valence-corrected chi connectivity index (χ2v) is 4.77. The van der Waals surface area contributed by atoms with Gasteiger partial charge < -0.3 is 9.84 Å². The SMILES string of the molecule is O=C(O)C1CCC(CN2C(=O)CCCCC2=O)O1. The second kappa shape index (κ2) is 5.48. The first kappa shape index (κ1) is 13.0. The van der Waals surface area contributed by atoms with E-state index in [1.807, 2.05) is 0 Å². The smallest absolute Gasteiger partial charge is 0.332 e. The zero-order valence-corrected chi connectivity index (χ0v) is 10.1. The van der Waals surface area contributed by atoms with Gasteiger partial charge in [-0.05, 0) is 25.7 Å². The van der Waals surface area contributed by atoms with Crippen molar-refractivity contribution in [2.24, 2.45) is 0 Å². The highest BCUT2D eigenvalue weighted by molar-refractivity contribution is 5.96. The van der Waals surface area contributed by atoms with Crippen molar-refractivity contribution in [2.45, 2.75) is 50.7 Å². The van der Waals surface area contributed by atoms with E-state index in [2.05, 4.69) is 0 Å². The number of amides is 2. The Kier molecular flexibility index (Phi) is 3.96. The summed E-state index contributed by atoms with van der Waals surface area (Å²) in [6.45, 7) is 0.196. The number of aliphatic carboxylic acids is 1. The van der Waals surface area contributed by atoms with Crippen molar-refractivity contribution in [2.75, 3.05) is 6.54 Å². The first-order valence-corrected chi connectivity index (χ1v) is 6.29. The van der Waals surface area contributed by atoms with Crippen LogP contribution in [0.4, 0.5) is 0 Å². The van der Waals surface area contributed by atoms with Crippen LogP contribution >= 0.6 is 0 Å². The van der Waals surface area contributed by atoms with Gasteiger partial charge in [0.25, 0.3) is 0 Å². The maximum atomic E-state index is 11.8. The standard InChI is InChI=1S/C12H17NO5/c14-10-3-1-2-4-11(15)13(10)7-8-5-6-9(18-8)12(16)17/h8-9H,1-7H2,(H,16,17). The molecule has 0 aromatic carbocycles. The zero-order chi connectivity index (χ0) is 13.1. The van der Waals surface area contributed by atoms with Crippen LogP contribution in [0.25, 0.3) is 0 Å². The number of likely N-dealkylation sites (tertiary alicyclic amines) is 1. The lowest BCUT2D eigenvalue weighted by Gasteiger charge is -2.22. The van der Waals surface area contributed by atoms with Gasteiger partial charge in [0.05, 0.1) is 12.6 Å². The first-order chi connectivity index (χ1) is 8.58. The van der Waals surface area contributed by atoms with E-state index in [1.165, 1.54) is 4.90 Å².